The number of hydrogen-bond donors (Lipinski definition) is 2. The van der Waals surface area contributed by atoms with Crippen LogP contribution in [0.1, 0.15) is 21.5 Å². The highest BCUT2D eigenvalue weighted by molar-refractivity contribution is 5.94. The molecule has 0 bridgehead atoms. The summed E-state index contributed by atoms with van der Waals surface area (Å²) in [6.07, 6.45) is 2.69. The molecule has 0 spiro atoms. The van der Waals surface area contributed by atoms with Gasteiger partial charge in [0.25, 0.3) is 5.91 Å². The first-order valence-electron chi connectivity index (χ1n) is 8.79. The zero-order valence-corrected chi connectivity index (χ0v) is 15.4. The molecule has 140 valence electrons. The van der Waals surface area contributed by atoms with E-state index in [1.807, 2.05) is 50.4 Å². The number of aliphatic hydroxyl groups excluding tert-OH is 1. The second-order valence-corrected chi connectivity index (χ2v) is 6.44. The highest BCUT2D eigenvalue weighted by Crippen LogP contribution is 2.18. The maximum atomic E-state index is 12.3. The topological polar surface area (TPSA) is 76.4 Å². The smallest absolute Gasteiger partial charge is 0.251 e. The first kappa shape index (κ1) is 18.7. The lowest BCUT2D eigenvalue weighted by Gasteiger charge is -2.15. The Bertz CT molecular complexity index is 907. The maximum absolute atomic E-state index is 12.3. The largest absolute Gasteiger partial charge is 0.491 e. The summed E-state index contributed by atoms with van der Waals surface area (Å²) < 4.78 is 7.33. The van der Waals surface area contributed by atoms with Crippen molar-refractivity contribution in [1.29, 1.82) is 0 Å². The summed E-state index contributed by atoms with van der Waals surface area (Å²) in [7, 11) is 0. The predicted molar refractivity (Wildman–Crippen MR) is 103 cm³/mol. The number of carbonyl (C=O) groups excluding carboxylic acids is 1. The number of carbonyl (C=O) groups is 1. The first-order chi connectivity index (χ1) is 13.0. The predicted octanol–water partition coefficient (Wildman–Crippen LogP) is 2.66. The number of nitrogens with one attached hydrogen (secondary N) is 1. The van der Waals surface area contributed by atoms with Gasteiger partial charge in [-0.3, -0.25) is 4.79 Å². The van der Waals surface area contributed by atoms with Crippen molar-refractivity contribution in [1.82, 2.24) is 15.1 Å². The Hall–Kier alpha value is -3.12. The molecule has 27 heavy (non-hydrogen) atoms. The van der Waals surface area contributed by atoms with Crippen molar-refractivity contribution in [3.8, 4) is 11.4 Å². The summed E-state index contributed by atoms with van der Waals surface area (Å²) in [5, 5.41) is 17.0. The van der Waals surface area contributed by atoms with E-state index in [9.17, 15) is 9.90 Å². The fourth-order valence-corrected chi connectivity index (χ4v) is 2.73. The van der Waals surface area contributed by atoms with Crippen molar-refractivity contribution in [3.05, 3.63) is 77.6 Å². The van der Waals surface area contributed by atoms with Gasteiger partial charge in [-0.2, -0.15) is 5.10 Å². The fourth-order valence-electron chi connectivity index (χ4n) is 2.73. The molecule has 0 fully saturated rings. The number of amides is 1. The summed E-state index contributed by atoms with van der Waals surface area (Å²) in [4.78, 5) is 12.3. The van der Waals surface area contributed by atoms with Gasteiger partial charge in [0, 0.05) is 24.5 Å². The Morgan fingerprint density at radius 1 is 1.22 bits per heavy atom. The lowest BCUT2D eigenvalue weighted by atomic mass is 10.1. The van der Waals surface area contributed by atoms with E-state index < -0.39 is 6.10 Å². The van der Waals surface area contributed by atoms with Gasteiger partial charge in [0.15, 0.2) is 0 Å². The van der Waals surface area contributed by atoms with E-state index in [2.05, 4.69) is 10.4 Å². The number of ether oxygens (including phenoxy) is 1. The quantitative estimate of drug-likeness (QED) is 0.675. The van der Waals surface area contributed by atoms with Crippen LogP contribution in [-0.4, -0.2) is 40.0 Å². The summed E-state index contributed by atoms with van der Waals surface area (Å²) in [6.45, 7) is 4.19. The van der Waals surface area contributed by atoms with Gasteiger partial charge in [-0.05, 0) is 49.7 Å². The van der Waals surface area contributed by atoms with Gasteiger partial charge < -0.3 is 15.2 Å². The molecule has 0 radical (unpaired) electrons. The lowest BCUT2D eigenvalue weighted by Crippen LogP contribution is -2.35. The van der Waals surface area contributed by atoms with Crippen LogP contribution in [0.4, 0.5) is 0 Å². The van der Waals surface area contributed by atoms with Crippen LogP contribution >= 0.6 is 0 Å². The molecular weight excluding hydrogens is 342 g/mol. The number of aryl methyl sites for hydroxylation is 2. The molecule has 2 N–H and O–H groups in total. The van der Waals surface area contributed by atoms with E-state index in [1.54, 1.807) is 29.1 Å². The molecule has 2 aromatic carbocycles. The van der Waals surface area contributed by atoms with Gasteiger partial charge in [-0.1, -0.05) is 23.8 Å². The second-order valence-electron chi connectivity index (χ2n) is 6.44. The van der Waals surface area contributed by atoms with Gasteiger partial charge in [0.05, 0.1) is 5.69 Å². The summed E-state index contributed by atoms with van der Waals surface area (Å²) >= 11 is 0. The van der Waals surface area contributed by atoms with Crippen molar-refractivity contribution < 1.29 is 14.6 Å². The van der Waals surface area contributed by atoms with Gasteiger partial charge in [-0.15, -0.1) is 0 Å². The molecule has 1 aromatic heterocycles. The van der Waals surface area contributed by atoms with E-state index in [0.717, 1.165) is 22.6 Å². The van der Waals surface area contributed by atoms with Crippen molar-refractivity contribution in [2.45, 2.75) is 20.0 Å². The standard InChI is InChI=1S/C21H23N3O3/c1-15-7-8-20(16(2)11-15)27-14-19(25)13-22-21(26)17-5-3-6-18(12-17)24-10-4-9-23-24/h3-12,19,25H,13-14H2,1-2H3,(H,22,26). The van der Waals surface area contributed by atoms with Gasteiger partial charge >= 0.3 is 0 Å². The third-order valence-electron chi connectivity index (χ3n) is 4.14. The van der Waals surface area contributed by atoms with Crippen LogP contribution < -0.4 is 10.1 Å². The number of benzene rings is 2. The van der Waals surface area contributed by atoms with E-state index in [4.69, 9.17) is 4.74 Å². The van der Waals surface area contributed by atoms with Gasteiger partial charge in [0.1, 0.15) is 18.5 Å². The fraction of sp³-hybridized carbons (Fsp3) is 0.238. The summed E-state index contributed by atoms with van der Waals surface area (Å²) in [6, 6.07) is 14.8. The van der Waals surface area contributed by atoms with Crippen LogP contribution in [0.3, 0.4) is 0 Å². The molecule has 6 heteroatoms. The Labute approximate surface area is 158 Å². The summed E-state index contributed by atoms with van der Waals surface area (Å²) in [5.74, 6) is 0.479. The minimum atomic E-state index is -0.802. The van der Waals surface area contributed by atoms with Gasteiger partial charge in [-0.25, -0.2) is 4.68 Å². The van der Waals surface area contributed by atoms with Crippen LogP contribution in [0.2, 0.25) is 0 Å². The van der Waals surface area contributed by atoms with Crippen molar-refractivity contribution >= 4 is 5.91 Å². The van der Waals surface area contributed by atoms with Crippen LogP contribution in [-0.2, 0) is 0 Å². The Kier molecular flexibility index (Phi) is 5.88. The Balaban J connectivity index is 1.52. The molecule has 1 amide bonds. The van der Waals surface area contributed by atoms with E-state index in [0.29, 0.717) is 5.56 Å². The van der Waals surface area contributed by atoms with Crippen LogP contribution in [0.15, 0.2) is 60.9 Å². The Morgan fingerprint density at radius 2 is 2.07 bits per heavy atom. The average Bonchev–Trinajstić information content (AvgIpc) is 3.20. The third-order valence-corrected chi connectivity index (χ3v) is 4.14. The molecule has 0 saturated heterocycles. The minimum absolute atomic E-state index is 0.107. The van der Waals surface area contributed by atoms with E-state index in [1.165, 1.54) is 0 Å². The molecular formula is C21H23N3O3. The Morgan fingerprint density at radius 3 is 2.81 bits per heavy atom. The number of aliphatic hydroxyl groups is 1. The molecule has 0 aliphatic rings. The first-order valence-corrected chi connectivity index (χ1v) is 8.79. The minimum Gasteiger partial charge on any atom is -0.491 e. The van der Waals surface area contributed by atoms with Gasteiger partial charge in [0.2, 0.25) is 0 Å². The molecule has 3 aromatic rings. The average molecular weight is 365 g/mol. The highest BCUT2D eigenvalue weighted by atomic mass is 16.5. The van der Waals surface area contributed by atoms with Crippen LogP contribution in [0, 0.1) is 13.8 Å². The maximum Gasteiger partial charge on any atom is 0.251 e. The molecule has 0 aliphatic heterocycles. The van der Waals surface area contributed by atoms with Crippen molar-refractivity contribution in [2.75, 3.05) is 13.2 Å². The van der Waals surface area contributed by atoms with Crippen molar-refractivity contribution in [3.63, 3.8) is 0 Å². The monoisotopic (exact) mass is 365 g/mol. The molecule has 1 atom stereocenters. The zero-order chi connectivity index (χ0) is 19.2. The number of hydrogen-bond acceptors (Lipinski definition) is 4. The summed E-state index contributed by atoms with van der Waals surface area (Å²) in [5.41, 5.74) is 3.48. The second kappa shape index (κ2) is 8.51. The number of nitrogens with zero attached hydrogens (tertiary/aromatic N) is 2. The molecule has 1 unspecified atom stereocenters. The molecule has 1 heterocycles. The van der Waals surface area contributed by atoms with E-state index >= 15 is 0 Å². The molecule has 0 aliphatic carbocycles. The number of aromatic nitrogens is 2. The molecule has 3 rings (SSSR count). The lowest BCUT2D eigenvalue weighted by molar-refractivity contribution is 0.0842. The zero-order valence-electron chi connectivity index (χ0n) is 15.4. The van der Waals surface area contributed by atoms with Crippen LogP contribution in [0.25, 0.3) is 5.69 Å². The van der Waals surface area contributed by atoms with Crippen molar-refractivity contribution in [2.24, 2.45) is 0 Å². The third kappa shape index (κ3) is 4.95. The SMILES string of the molecule is Cc1ccc(OCC(O)CNC(=O)c2cccc(-n3cccn3)c2)c(C)c1. The molecule has 6 nitrogen and oxygen atoms in total. The number of rotatable bonds is 7. The highest BCUT2D eigenvalue weighted by Gasteiger charge is 2.11. The molecule has 0 saturated carbocycles. The van der Waals surface area contributed by atoms with Crippen LogP contribution in [0.5, 0.6) is 5.75 Å². The van der Waals surface area contributed by atoms with E-state index in [-0.39, 0.29) is 19.1 Å². The normalized spacial score (nSPS) is 11.8.